The Morgan fingerprint density at radius 2 is 1.89 bits per heavy atom. The summed E-state index contributed by atoms with van der Waals surface area (Å²) in [6.07, 6.45) is 4.10. The molecule has 9 heteroatoms. The van der Waals surface area contributed by atoms with E-state index in [1.165, 1.54) is 11.8 Å². The first-order valence-corrected chi connectivity index (χ1v) is 9.76. The monoisotopic (exact) mass is 383 g/mol. The lowest BCUT2D eigenvalue weighted by Gasteiger charge is -2.32. The van der Waals surface area contributed by atoms with Crippen LogP contribution in [-0.2, 0) is 6.42 Å². The third-order valence-corrected chi connectivity index (χ3v) is 5.09. The number of aryl methyl sites for hydroxylation is 1. The Balaban J connectivity index is 1.58. The lowest BCUT2D eigenvalue weighted by molar-refractivity contribution is 0.310. The lowest BCUT2D eigenvalue weighted by Crippen LogP contribution is -2.45. The topological polar surface area (TPSA) is 84.1 Å². The number of rotatable bonds is 5. The van der Waals surface area contributed by atoms with Crippen LogP contribution in [-0.4, -0.2) is 63.0 Å². The van der Waals surface area contributed by atoms with Gasteiger partial charge in [-0.05, 0) is 37.0 Å². The first-order valence-electron chi connectivity index (χ1n) is 8.94. The maximum Gasteiger partial charge on any atom is 0.229 e. The Morgan fingerprint density at radius 3 is 2.63 bits per heavy atom. The summed E-state index contributed by atoms with van der Waals surface area (Å²) in [5.74, 6) is 2.23. The second-order valence-corrected chi connectivity index (χ2v) is 7.22. The molecule has 0 saturated carbocycles. The molecular weight excluding hydrogens is 362 g/mol. The number of furan rings is 1. The fourth-order valence-corrected chi connectivity index (χ4v) is 3.47. The molecule has 8 nitrogen and oxygen atoms in total. The van der Waals surface area contributed by atoms with Gasteiger partial charge in [-0.15, -0.1) is 0 Å². The van der Waals surface area contributed by atoms with Crippen molar-refractivity contribution in [1.29, 1.82) is 0 Å². The molecule has 0 amide bonds. The minimum absolute atomic E-state index is 0.585. The largest absolute Gasteiger partial charge is 0.463 e. The van der Waals surface area contributed by atoms with Crippen molar-refractivity contribution in [2.45, 2.75) is 23.7 Å². The molecule has 1 saturated heterocycles. The zero-order chi connectivity index (χ0) is 18.6. The molecule has 3 aromatic heterocycles. The van der Waals surface area contributed by atoms with Crippen molar-refractivity contribution in [2.75, 3.05) is 38.1 Å². The number of likely N-dealkylation sites (N-methyl/N-ethyl adjacent to an activating group) is 1. The zero-order valence-electron chi connectivity index (χ0n) is 15.4. The molecule has 140 valence electrons. The number of nitrogens with zero attached hydrogens (tertiary/aromatic N) is 7. The normalized spacial score (nSPS) is 15.3. The zero-order valence-corrected chi connectivity index (χ0v) is 16.2. The van der Waals surface area contributed by atoms with Gasteiger partial charge < -0.3 is 14.2 Å². The maximum absolute atomic E-state index is 5.42. The molecule has 1 fully saturated rings. The van der Waals surface area contributed by atoms with Crippen LogP contribution in [0, 0.1) is 0 Å². The average molecular weight is 383 g/mol. The van der Waals surface area contributed by atoms with Crippen LogP contribution in [0.4, 0.5) is 5.95 Å². The molecule has 1 aliphatic rings. The molecule has 1 aliphatic heterocycles. The van der Waals surface area contributed by atoms with Crippen LogP contribution in [0.25, 0.3) is 11.5 Å². The first kappa shape index (κ1) is 17.9. The summed E-state index contributed by atoms with van der Waals surface area (Å²) in [6.45, 7) is 5.88. The fraction of sp³-hybridized carbons (Fsp3) is 0.389. The van der Waals surface area contributed by atoms with E-state index in [4.69, 9.17) is 4.42 Å². The highest BCUT2D eigenvalue weighted by Crippen LogP contribution is 2.25. The van der Waals surface area contributed by atoms with Gasteiger partial charge >= 0.3 is 0 Å². The predicted molar refractivity (Wildman–Crippen MR) is 103 cm³/mol. The summed E-state index contributed by atoms with van der Waals surface area (Å²) in [4.78, 5) is 27.2. The van der Waals surface area contributed by atoms with Gasteiger partial charge in [-0.2, -0.15) is 9.97 Å². The summed E-state index contributed by atoms with van der Waals surface area (Å²) in [6, 6.07) is 5.54. The second-order valence-electron chi connectivity index (χ2n) is 6.28. The number of aromatic nitrogens is 5. The Bertz CT molecular complexity index is 894. The lowest BCUT2D eigenvalue weighted by atomic mass is 10.3. The third-order valence-electron chi connectivity index (χ3n) is 4.34. The maximum atomic E-state index is 5.42. The Labute approximate surface area is 162 Å². The summed E-state index contributed by atoms with van der Waals surface area (Å²) >= 11 is 1.34. The van der Waals surface area contributed by atoms with Gasteiger partial charge in [0.2, 0.25) is 11.1 Å². The number of hydrogen-bond donors (Lipinski definition) is 0. The van der Waals surface area contributed by atoms with Gasteiger partial charge in [-0.3, -0.25) is 0 Å². The molecule has 0 spiro atoms. The molecule has 0 radical (unpaired) electrons. The van der Waals surface area contributed by atoms with E-state index in [1.807, 2.05) is 25.1 Å². The van der Waals surface area contributed by atoms with E-state index in [0.717, 1.165) is 50.1 Å². The van der Waals surface area contributed by atoms with E-state index in [0.29, 0.717) is 16.1 Å². The summed E-state index contributed by atoms with van der Waals surface area (Å²) < 4.78 is 5.42. The van der Waals surface area contributed by atoms with E-state index < -0.39 is 0 Å². The molecule has 27 heavy (non-hydrogen) atoms. The number of piperazine rings is 1. The van der Waals surface area contributed by atoms with Crippen molar-refractivity contribution in [1.82, 2.24) is 29.8 Å². The van der Waals surface area contributed by atoms with Gasteiger partial charge in [0.25, 0.3) is 0 Å². The van der Waals surface area contributed by atoms with Gasteiger partial charge in [0.15, 0.2) is 10.9 Å². The van der Waals surface area contributed by atoms with E-state index in [1.54, 1.807) is 12.5 Å². The smallest absolute Gasteiger partial charge is 0.229 e. The van der Waals surface area contributed by atoms with Crippen LogP contribution in [0.3, 0.4) is 0 Å². The highest BCUT2D eigenvalue weighted by molar-refractivity contribution is 7.99. The molecular formula is C18H21N7OS. The minimum atomic E-state index is 0.585. The van der Waals surface area contributed by atoms with Crippen molar-refractivity contribution >= 4 is 17.7 Å². The highest BCUT2D eigenvalue weighted by Gasteiger charge is 2.19. The summed E-state index contributed by atoms with van der Waals surface area (Å²) in [5.41, 5.74) is 0.738. The van der Waals surface area contributed by atoms with Crippen molar-refractivity contribution in [2.24, 2.45) is 0 Å². The predicted octanol–water partition coefficient (Wildman–Crippen LogP) is 2.39. The van der Waals surface area contributed by atoms with Crippen molar-refractivity contribution < 1.29 is 4.42 Å². The van der Waals surface area contributed by atoms with Crippen LogP contribution in [0.15, 0.2) is 45.4 Å². The average Bonchev–Trinajstić information content (AvgIpc) is 3.23. The van der Waals surface area contributed by atoms with Crippen LogP contribution in [0.2, 0.25) is 0 Å². The van der Waals surface area contributed by atoms with Crippen LogP contribution in [0.5, 0.6) is 0 Å². The standard InChI is InChI=1S/C18H21N7OS/c1-3-15-21-16(25-10-8-24(2)9-11-25)23-18(22-15)27-17-19-7-6-13(20-17)14-5-4-12-26-14/h4-7,12H,3,8-11H2,1-2H3. The van der Waals surface area contributed by atoms with Crippen molar-refractivity contribution in [3.05, 3.63) is 36.5 Å². The molecule has 0 N–H and O–H groups in total. The van der Waals surface area contributed by atoms with Gasteiger partial charge in [0.1, 0.15) is 11.5 Å². The molecule has 4 heterocycles. The number of anilines is 1. The highest BCUT2D eigenvalue weighted by atomic mass is 32.2. The van der Waals surface area contributed by atoms with Gasteiger partial charge in [-0.25, -0.2) is 15.0 Å². The molecule has 0 unspecified atom stereocenters. The molecule has 0 bridgehead atoms. The second kappa shape index (κ2) is 8.01. The minimum Gasteiger partial charge on any atom is -0.463 e. The van der Waals surface area contributed by atoms with Crippen LogP contribution in [0.1, 0.15) is 12.7 Å². The molecule has 4 rings (SSSR count). The first-order chi connectivity index (χ1) is 13.2. The Hall–Kier alpha value is -2.52. The SMILES string of the molecule is CCc1nc(Sc2nccc(-c3ccco3)n2)nc(N2CCN(C)CC2)n1. The van der Waals surface area contributed by atoms with Gasteiger partial charge in [0.05, 0.1) is 6.26 Å². The van der Waals surface area contributed by atoms with Crippen LogP contribution >= 0.6 is 11.8 Å². The molecule has 0 aliphatic carbocycles. The van der Waals surface area contributed by atoms with E-state index >= 15 is 0 Å². The summed E-state index contributed by atoms with van der Waals surface area (Å²) in [7, 11) is 2.13. The van der Waals surface area contributed by atoms with E-state index in [-0.39, 0.29) is 0 Å². The number of hydrogen-bond acceptors (Lipinski definition) is 9. The molecule has 0 aromatic carbocycles. The Kier molecular flexibility index (Phi) is 5.30. The van der Waals surface area contributed by atoms with E-state index in [2.05, 4.69) is 41.8 Å². The summed E-state index contributed by atoms with van der Waals surface area (Å²) in [5, 5.41) is 1.20. The fourth-order valence-electron chi connectivity index (χ4n) is 2.77. The van der Waals surface area contributed by atoms with Crippen molar-refractivity contribution in [3.8, 4) is 11.5 Å². The molecule has 0 atom stereocenters. The van der Waals surface area contributed by atoms with Crippen molar-refractivity contribution in [3.63, 3.8) is 0 Å². The van der Waals surface area contributed by atoms with Gasteiger partial charge in [-0.1, -0.05) is 6.92 Å². The quantitative estimate of drug-likeness (QED) is 0.617. The third kappa shape index (κ3) is 4.25. The van der Waals surface area contributed by atoms with Gasteiger partial charge in [0, 0.05) is 38.8 Å². The van der Waals surface area contributed by atoms with Crippen LogP contribution < -0.4 is 4.90 Å². The Morgan fingerprint density at radius 1 is 1.04 bits per heavy atom. The van der Waals surface area contributed by atoms with E-state index in [9.17, 15) is 0 Å². The molecule has 3 aromatic rings.